The molecule has 1 aliphatic rings. The smallest absolute Gasteiger partial charge is 0.238 e. The van der Waals surface area contributed by atoms with Gasteiger partial charge in [0.2, 0.25) is 5.91 Å². The van der Waals surface area contributed by atoms with Gasteiger partial charge >= 0.3 is 0 Å². The van der Waals surface area contributed by atoms with Gasteiger partial charge in [0.05, 0.1) is 24.7 Å². The van der Waals surface area contributed by atoms with Crippen LogP contribution in [0.1, 0.15) is 23.9 Å². The van der Waals surface area contributed by atoms with E-state index in [2.05, 4.69) is 26.1 Å². The number of fused-ring (bicyclic) bond motifs is 1. The van der Waals surface area contributed by atoms with Crippen molar-refractivity contribution in [1.29, 1.82) is 0 Å². The van der Waals surface area contributed by atoms with Gasteiger partial charge in [-0.1, -0.05) is 12.1 Å². The number of aromatic nitrogens is 2. The Bertz CT molecular complexity index is 954. The van der Waals surface area contributed by atoms with Crippen molar-refractivity contribution in [3.8, 4) is 11.5 Å². The van der Waals surface area contributed by atoms with Gasteiger partial charge in [0, 0.05) is 12.1 Å². The molecule has 4 rings (SSSR count). The number of nitrogens with one attached hydrogen (secondary N) is 4. The fourth-order valence-electron chi connectivity index (χ4n) is 3.20. The van der Waals surface area contributed by atoms with Crippen molar-refractivity contribution in [3.63, 3.8) is 0 Å². The molecule has 27 heavy (non-hydrogen) atoms. The molecule has 1 amide bonds. The normalized spacial score (nSPS) is 19.3. The molecule has 0 aliphatic carbocycles. The van der Waals surface area contributed by atoms with Gasteiger partial charge in [0.15, 0.2) is 0 Å². The third-order valence-corrected chi connectivity index (χ3v) is 4.68. The zero-order valence-corrected chi connectivity index (χ0v) is 14.8. The number of methoxy groups -OCH3 is 1. The van der Waals surface area contributed by atoms with E-state index < -0.39 is 0 Å². The SMILES string of the molecule is COc1ccc2nc(CNC(=O)C3CC(c4ccc(O)cc4)NN3)[nH]c2c1. The summed E-state index contributed by atoms with van der Waals surface area (Å²) < 4.78 is 5.20. The molecule has 1 aromatic heterocycles. The number of hydrazine groups is 1. The van der Waals surface area contributed by atoms with Gasteiger partial charge in [-0.05, 0) is 36.2 Å². The Balaban J connectivity index is 1.35. The lowest BCUT2D eigenvalue weighted by Gasteiger charge is -2.10. The first-order valence-corrected chi connectivity index (χ1v) is 8.73. The Morgan fingerprint density at radius 3 is 2.85 bits per heavy atom. The van der Waals surface area contributed by atoms with Crippen molar-refractivity contribution in [2.24, 2.45) is 0 Å². The topological polar surface area (TPSA) is 111 Å². The fourth-order valence-corrected chi connectivity index (χ4v) is 3.20. The molecule has 1 fully saturated rings. The first-order chi connectivity index (χ1) is 13.1. The maximum absolute atomic E-state index is 12.4. The Hall–Kier alpha value is -3.10. The van der Waals surface area contributed by atoms with Gasteiger partial charge < -0.3 is 20.1 Å². The number of carbonyl (C=O) groups excluding carboxylic acids is 1. The zero-order chi connectivity index (χ0) is 18.8. The average molecular weight is 367 g/mol. The lowest BCUT2D eigenvalue weighted by Crippen LogP contribution is -2.43. The predicted octanol–water partition coefficient (Wildman–Crippen LogP) is 1.50. The van der Waals surface area contributed by atoms with Crippen LogP contribution >= 0.6 is 0 Å². The number of phenols is 1. The number of rotatable bonds is 5. The van der Waals surface area contributed by atoms with Crippen LogP contribution in [0.5, 0.6) is 11.5 Å². The molecule has 2 heterocycles. The monoisotopic (exact) mass is 367 g/mol. The summed E-state index contributed by atoms with van der Waals surface area (Å²) in [6, 6.07) is 12.2. The van der Waals surface area contributed by atoms with Crippen molar-refractivity contribution < 1.29 is 14.6 Å². The number of aromatic hydroxyl groups is 1. The molecule has 3 aromatic rings. The van der Waals surface area contributed by atoms with Gasteiger partial charge in [-0.15, -0.1) is 0 Å². The molecule has 1 saturated heterocycles. The lowest BCUT2D eigenvalue weighted by atomic mass is 10.0. The molecule has 2 unspecified atom stereocenters. The van der Waals surface area contributed by atoms with Crippen molar-refractivity contribution in [2.75, 3.05) is 7.11 Å². The molecule has 0 saturated carbocycles. The standard InChI is InChI=1S/C19H21N5O3/c1-27-13-6-7-14-16(8-13)22-18(21-14)10-20-19(26)17-9-15(23-24-17)11-2-4-12(25)5-3-11/h2-8,15,17,23-25H,9-10H2,1H3,(H,20,26)(H,21,22). The van der Waals surface area contributed by atoms with Crippen LogP contribution < -0.4 is 20.9 Å². The molecule has 8 heteroatoms. The van der Waals surface area contributed by atoms with E-state index in [9.17, 15) is 9.90 Å². The van der Waals surface area contributed by atoms with Gasteiger partial charge in [-0.2, -0.15) is 0 Å². The highest BCUT2D eigenvalue weighted by Crippen LogP contribution is 2.24. The summed E-state index contributed by atoms with van der Waals surface area (Å²) in [7, 11) is 1.62. The highest BCUT2D eigenvalue weighted by molar-refractivity contribution is 5.82. The maximum atomic E-state index is 12.4. The van der Waals surface area contributed by atoms with E-state index in [-0.39, 0.29) is 23.7 Å². The van der Waals surface area contributed by atoms with Crippen LogP contribution in [-0.2, 0) is 11.3 Å². The largest absolute Gasteiger partial charge is 0.508 e. The number of imidazole rings is 1. The van der Waals surface area contributed by atoms with E-state index in [4.69, 9.17) is 4.74 Å². The van der Waals surface area contributed by atoms with Crippen LogP contribution in [0.3, 0.4) is 0 Å². The molecular weight excluding hydrogens is 346 g/mol. The number of ether oxygens (including phenoxy) is 1. The summed E-state index contributed by atoms with van der Waals surface area (Å²) >= 11 is 0. The maximum Gasteiger partial charge on any atom is 0.238 e. The second-order valence-electron chi connectivity index (χ2n) is 6.51. The van der Waals surface area contributed by atoms with Crippen LogP contribution in [0.25, 0.3) is 11.0 Å². The molecule has 1 aliphatic heterocycles. The number of H-pyrrole nitrogens is 1. The Kier molecular flexibility index (Phi) is 4.66. The van der Waals surface area contributed by atoms with Crippen molar-refractivity contribution >= 4 is 16.9 Å². The highest BCUT2D eigenvalue weighted by Gasteiger charge is 2.30. The number of benzene rings is 2. The van der Waals surface area contributed by atoms with Gasteiger partial charge in [-0.3, -0.25) is 4.79 Å². The number of carbonyl (C=O) groups is 1. The van der Waals surface area contributed by atoms with Gasteiger partial charge in [0.1, 0.15) is 23.4 Å². The van der Waals surface area contributed by atoms with E-state index in [0.717, 1.165) is 22.3 Å². The average Bonchev–Trinajstić information content (AvgIpc) is 3.33. The number of hydrogen-bond donors (Lipinski definition) is 5. The van der Waals surface area contributed by atoms with Gasteiger partial charge in [-0.25, -0.2) is 15.8 Å². The number of nitrogens with zero attached hydrogens (tertiary/aromatic N) is 1. The van der Waals surface area contributed by atoms with Crippen LogP contribution in [0, 0.1) is 0 Å². The zero-order valence-electron chi connectivity index (χ0n) is 14.8. The molecule has 2 atom stereocenters. The minimum absolute atomic E-state index is 0.0139. The van der Waals surface area contributed by atoms with Crippen molar-refractivity contribution in [2.45, 2.75) is 25.0 Å². The minimum Gasteiger partial charge on any atom is -0.508 e. The molecule has 5 N–H and O–H groups in total. The number of amides is 1. The molecule has 0 spiro atoms. The fraction of sp³-hybridized carbons (Fsp3) is 0.263. The van der Waals surface area contributed by atoms with E-state index >= 15 is 0 Å². The molecule has 2 aromatic carbocycles. The predicted molar refractivity (Wildman–Crippen MR) is 100 cm³/mol. The molecular formula is C19H21N5O3. The van der Waals surface area contributed by atoms with Crippen LogP contribution in [0.2, 0.25) is 0 Å². The summed E-state index contributed by atoms with van der Waals surface area (Å²) in [6.07, 6.45) is 0.619. The first-order valence-electron chi connectivity index (χ1n) is 8.73. The summed E-state index contributed by atoms with van der Waals surface area (Å²) in [5.41, 5.74) is 8.86. The third kappa shape index (κ3) is 3.71. The lowest BCUT2D eigenvalue weighted by molar-refractivity contribution is -0.123. The molecule has 8 nitrogen and oxygen atoms in total. The minimum atomic E-state index is -0.340. The summed E-state index contributed by atoms with van der Waals surface area (Å²) in [5.74, 6) is 1.57. The van der Waals surface area contributed by atoms with Crippen molar-refractivity contribution in [1.82, 2.24) is 26.1 Å². The third-order valence-electron chi connectivity index (χ3n) is 4.68. The van der Waals surface area contributed by atoms with Crippen LogP contribution in [-0.4, -0.2) is 34.1 Å². The van der Waals surface area contributed by atoms with E-state index in [1.165, 1.54) is 0 Å². The van der Waals surface area contributed by atoms with Crippen LogP contribution in [0.4, 0.5) is 0 Å². The Morgan fingerprint density at radius 1 is 1.26 bits per heavy atom. The summed E-state index contributed by atoms with van der Waals surface area (Å²) in [5, 5.41) is 12.3. The number of phenolic OH excluding ortho intramolecular Hbond substituents is 1. The summed E-state index contributed by atoms with van der Waals surface area (Å²) in [6.45, 7) is 0.317. The number of hydrogen-bond acceptors (Lipinski definition) is 6. The number of aromatic amines is 1. The van der Waals surface area contributed by atoms with Gasteiger partial charge in [0.25, 0.3) is 0 Å². The second-order valence-corrected chi connectivity index (χ2v) is 6.51. The Labute approximate surface area is 155 Å². The summed E-state index contributed by atoms with van der Waals surface area (Å²) in [4.78, 5) is 20.1. The van der Waals surface area contributed by atoms with Crippen molar-refractivity contribution in [3.05, 3.63) is 53.9 Å². The quantitative estimate of drug-likeness (QED) is 0.467. The van der Waals surface area contributed by atoms with E-state index in [1.807, 2.05) is 30.3 Å². The first kappa shape index (κ1) is 17.3. The molecule has 0 radical (unpaired) electrons. The van der Waals surface area contributed by atoms with Crippen LogP contribution in [0.15, 0.2) is 42.5 Å². The molecule has 0 bridgehead atoms. The van der Waals surface area contributed by atoms with E-state index in [1.54, 1.807) is 19.2 Å². The Morgan fingerprint density at radius 2 is 2.07 bits per heavy atom. The molecule has 140 valence electrons. The highest BCUT2D eigenvalue weighted by atomic mass is 16.5. The second kappa shape index (κ2) is 7.26. The van der Waals surface area contributed by atoms with E-state index in [0.29, 0.717) is 18.8 Å².